The predicted molar refractivity (Wildman–Crippen MR) is 71.8 cm³/mol. The van der Waals surface area contributed by atoms with Crippen LogP contribution in [0.5, 0.6) is 0 Å². The van der Waals surface area contributed by atoms with Gasteiger partial charge in [0.1, 0.15) is 0 Å². The van der Waals surface area contributed by atoms with Gasteiger partial charge in [0.2, 0.25) is 10.4 Å². The number of carboxylic acids is 1. The molecule has 0 heterocycles. The van der Waals surface area contributed by atoms with Gasteiger partial charge in [-0.05, 0) is 6.42 Å². The Balaban J connectivity index is -0.000000414. The van der Waals surface area contributed by atoms with Crippen molar-refractivity contribution in [2.75, 3.05) is 0 Å². The quantitative estimate of drug-likeness (QED) is 0.253. The summed E-state index contributed by atoms with van der Waals surface area (Å²) in [6.45, 7) is 2.23. The van der Waals surface area contributed by atoms with E-state index >= 15 is 0 Å². The van der Waals surface area contributed by atoms with Gasteiger partial charge in [-0.1, -0.05) is 58.3 Å². The second-order valence-electron chi connectivity index (χ2n) is 4.40. The van der Waals surface area contributed by atoms with Gasteiger partial charge in [-0.2, -0.15) is 0 Å². The van der Waals surface area contributed by atoms with Gasteiger partial charge >= 0.3 is 35.5 Å². The van der Waals surface area contributed by atoms with Crippen LogP contribution in [0.2, 0.25) is 0 Å². The van der Waals surface area contributed by atoms with E-state index in [1.807, 2.05) is 0 Å². The molecule has 8 heteroatoms. The predicted octanol–water partition coefficient (Wildman–Crippen LogP) is 0.000500. The Morgan fingerprint density at radius 3 is 1.55 bits per heavy atom. The van der Waals surface area contributed by atoms with Crippen LogP contribution in [0.25, 0.3) is 0 Å². The molecular weight excluding hydrogens is 295 g/mol. The topological polar surface area (TPSA) is 115 Å². The van der Waals surface area contributed by atoms with Crippen molar-refractivity contribution in [3.63, 3.8) is 0 Å². The van der Waals surface area contributed by atoms with E-state index < -0.39 is 16.4 Å². The molecule has 0 rings (SSSR count). The minimum Gasteiger partial charge on any atom is -0.726 e. The normalized spacial score (nSPS) is 10.2. The molecule has 116 valence electrons. The minimum absolute atomic E-state index is 0. The molecule has 0 aliphatic heterocycles. The summed E-state index contributed by atoms with van der Waals surface area (Å²) in [5.41, 5.74) is 0. The number of rotatable bonds is 10. The Morgan fingerprint density at radius 1 is 0.950 bits per heavy atom. The van der Waals surface area contributed by atoms with Crippen molar-refractivity contribution in [1.29, 1.82) is 0 Å². The number of hydrogen-bond acceptors (Lipinski definition) is 4. The summed E-state index contributed by atoms with van der Waals surface area (Å²) in [5, 5.41) is 8.41. The van der Waals surface area contributed by atoms with Gasteiger partial charge in [-0.15, -0.1) is 0 Å². The summed E-state index contributed by atoms with van der Waals surface area (Å²) in [6, 6.07) is 0. The van der Waals surface area contributed by atoms with E-state index in [-0.39, 0.29) is 29.6 Å². The summed E-state index contributed by atoms with van der Waals surface area (Å²) >= 11 is 0. The molecule has 0 unspecified atom stereocenters. The number of hydrogen-bond donors (Lipinski definition) is 2. The fourth-order valence-electron chi connectivity index (χ4n) is 1.59. The van der Waals surface area contributed by atoms with E-state index in [0.29, 0.717) is 6.42 Å². The monoisotopic (exact) mass is 320 g/mol. The number of unbranched alkanes of at least 4 members (excludes halogenated alkanes) is 8. The number of carbonyl (C=O) groups is 1. The van der Waals surface area contributed by atoms with Crippen LogP contribution in [0.3, 0.4) is 0 Å². The first-order valence-corrected chi connectivity index (χ1v) is 8.04. The molecule has 0 aromatic carbocycles. The Labute approximate surface area is 144 Å². The molecule has 20 heavy (non-hydrogen) atoms. The zero-order chi connectivity index (χ0) is 15.1. The molecule has 0 fully saturated rings. The molecule has 0 saturated carbocycles. The van der Waals surface area contributed by atoms with E-state index in [2.05, 4.69) is 6.92 Å². The van der Waals surface area contributed by atoms with Crippen LogP contribution in [-0.2, 0) is 15.2 Å². The van der Waals surface area contributed by atoms with Crippen molar-refractivity contribution < 1.29 is 57.0 Å². The van der Waals surface area contributed by atoms with Crippen LogP contribution >= 0.6 is 0 Å². The standard InChI is InChI=1S/C12H24O2.Na.H2O4S/c1-2-3-4-5-6-7-8-9-10-11-12(13)14;;1-5(2,3)4/h2-11H2,1H3,(H,13,14);;(H2,1,2,3,4)/q;+1;/p-1. The molecule has 0 bridgehead atoms. The maximum atomic E-state index is 10.2. The Morgan fingerprint density at radius 2 is 1.25 bits per heavy atom. The number of carboxylic acid groups (broad SMARTS) is 1. The fourth-order valence-corrected chi connectivity index (χ4v) is 1.59. The molecule has 0 aromatic heterocycles. The molecule has 0 spiro atoms. The van der Waals surface area contributed by atoms with Gasteiger partial charge in [-0.25, -0.2) is 8.42 Å². The third kappa shape index (κ3) is 42.9. The summed E-state index contributed by atoms with van der Waals surface area (Å²) in [6.07, 6.45) is 11.5. The van der Waals surface area contributed by atoms with E-state index in [0.717, 1.165) is 12.8 Å². The first kappa shape index (κ1) is 25.3. The van der Waals surface area contributed by atoms with E-state index in [1.54, 1.807) is 0 Å². The molecule has 6 nitrogen and oxygen atoms in total. The third-order valence-electron chi connectivity index (χ3n) is 2.49. The molecule has 0 saturated heterocycles. The zero-order valence-corrected chi connectivity index (χ0v) is 15.3. The van der Waals surface area contributed by atoms with Crippen molar-refractivity contribution in [2.45, 2.75) is 71.1 Å². The van der Waals surface area contributed by atoms with Crippen molar-refractivity contribution in [1.82, 2.24) is 0 Å². The molecule has 0 aromatic rings. The number of aliphatic carboxylic acids is 1. The molecule has 0 atom stereocenters. The Kier molecular flexibility index (Phi) is 22.0. The summed E-state index contributed by atoms with van der Waals surface area (Å²) < 4.78 is 32.8. The van der Waals surface area contributed by atoms with Crippen molar-refractivity contribution in [3.05, 3.63) is 0 Å². The first-order chi connectivity index (χ1) is 8.77. The summed E-state index contributed by atoms with van der Waals surface area (Å²) in [5.74, 6) is -0.659. The summed E-state index contributed by atoms with van der Waals surface area (Å²) in [7, 11) is -4.92. The average Bonchev–Trinajstić information content (AvgIpc) is 2.24. The molecule has 0 aliphatic carbocycles. The molecule has 0 radical (unpaired) electrons. The van der Waals surface area contributed by atoms with Gasteiger partial charge in [0, 0.05) is 6.42 Å². The molecule has 0 aliphatic rings. The van der Waals surface area contributed by atoms with E-state index in [4.69, 9.17) is 22.6 Å². The smallest absolute Gasteiger partial charge is 0.726 e. The van der Waals surface area contributed by atoms with Gasteiger partial charge in [-0.3, -0.25) is 9.35 Å². The minimum atomic E-state index is -4.92. The van der Waals surface area contributed by atoms with Crippen LogP contribution in [0.15, 0.2) is 0 Å². The van der Waals surface area contributed by atoms with E-state index in [9.17, 15) is 4.79 Å². The van der Waals surface area contributed by atoms with Crippen LogP contribution in [0.1, 0.15) is 71.1 Å². The first-order valence-electron chi connectivity index (χ1n) is 6.67. The largest absolute Gasteiger partial charge is 1.00 e. The van der Waals surface area contributed by atoms with Gasteiger partial charge in [0.05, 0.1) is 0 Å². The molecule has 2 N–H and O–H groups in total. The van der Waals surface area contributed by atoms with Crippen molar-refractivity contribution in [2.24, 2.45) is 0 Å². The van der Waals surface area contributed by atoms with Crippen LogP contribution < -0.4 is 29.6 Å². The van der Waals surface area contributed by atoms with E-state index in [1.165, 1.54) is 44.9 Å². The second-order valence-corrected chi connectivity index (χ2v) is 5.26. The third-order valence-corrected chi connectivity index (χ3v) is 2.49. The van der Waals surface area contributed by atoms with Gasteiger partial charge in [0.15, 0.2) is 0 Å². The maximum Gasteiger partial charge on any atom is 1.00 e. The average molecular weight is 320 g/mol. The zero-order valence-electron chi connectivity index (χ0n) is 12.5. The van der Waals surface area contributed by atoms with Crippen LogP contribution in [0, 0.1) is 0 Å². The van der Waals surface area contributed by atoms with Gasteiger partial charge < -0.3 is 9.66 Å². The van der Waals surface area contributed by atoms with Crippen molar-refractivity contribution >= 4 is 16.4 Å². The van der Waals surface area contributed by atoms with Crippen LogP contribution in [-0.4, -0.2) is 28.6 Å². The Hall–Kier alpha value is 0.340. The summed E-state index contributed by atoms with van der Waals surface area (Å²) in [4.78, 5) is 10.2. The fraction of sp³-hybridized carbons (Fsp3) is 0.917. The SMILES string of the molecule is CCCCCCCCCCCC(=O)O.O=S(=O)([O-])O.[Na+]. The molecular formula is C12H25NaO6S. The maximum absolute atomic E-state index is 10.2. The van der Waals surface area contributed by atoms with Crippen LogP contribution in [0.4, 0.5) is 0 Å². The van der Waals surface area contributed by atoms with Crippen molar-refractivity contribution in [3.8, 4) is 0 Å². The molecule has 0 amide bonds. The second kappa shape index (κ2) is 17.4. The van der Waals surface area contributed by atoms with Gasteiger partial charge in [0.25, 0.3) is 0 Å². The Bertz CT molecular complexity index is 297.